The zero-order valence-corrected chi connectivity index (χ0v) is 16.4. The zero-order valence-electron chi connectivity index (χ0n) is 14.8. The fourth-order valence-corrected chi connectivity index (χ4v) is 3.87. The van der Waals surface area contributed by atoms with Crippen molar-refractivity contribution in [3.63, 3.8) is 0 Å². The van der Waals surface area contributed by atoms with E-state index in [0.29, 0.717) is 38.7 Å². The molecule has 0 aliphatic carbocycles. The minimum Gasteiger partial charge on any atom is -0.449 e. The third-order valence-corrected chi connectivity index (χ3v) is 5.59. The number of halogens is 1. The molecule has 8 nitrogen and oxygen atoms in total. The number of H-pyrrole nitrogens is 1. The van der Waals surface area contributed by atoms with Gasteiger partial charge in [-0.2, -0.15) is 0 Å². The second kappa shape index (κ2) is 6.94. The monoisotopic (exact) mass is 424 g/mol. The third kappa shape index (κ3) is 3.14. The predicted octanol–water partition coefficient (Wildman–Crippen LogP) is 3.59. The van der Waals surface area contributed by atoms with Crippen LogP contribution in [0.3, 0.4) is 0 Å². The Morgan fingerprint density at radius 2 is 1.93 bits per heavy atom. The average molecular weight is 425 g/mol. The molecule has 0 bridgehead atoms. The average Bonchev–Trinajstić information content (AvgIpc) is 3.28. The molecule has 10 heteroatoms. The first kappa shape index (κ1) is 17.8. The summed E-state index contributed by atoms with van der Waals surface area (Å²) >= 11 is 7.24. The molecule has 144 valence electrons. The Hall–Kier alpha value is -3.30. The lowest BCUT2D eigenvalue weighted by molar-refractivity contribution is 0.660. The lowest BCUT2D eigenvalue weighted by atomic mass is 10.2. The van der Waals surface area contributed by atoms with E-state index in [1.807, 2.05) is 30.3 Å². The van der Waals surface area contributed by atoms with Gasteiger partial charge in [0.1, 0.15) is 16.9 Å². The molecule has 0 spiro atoms. The number of aromatic amines is 1. The largest absolute Gasteiger partial charge is 0.449 e. The van der Waals surface area contributed by atoms with Gasteiger partial charge in [-0.3, -0.25) is 4.79 Å². The van der Waals surface area contributed by atoms with E-state index in [-0.39, 0.29) is 11.1 Å². The summed E-state index contributed by atoms with van der Waals surface area (Å²) in [6.45, 7) is 0. The number of nitrogens with zero attached hydrogens (tertiary/aromatic N) is 4. The second-order valence-electron chi connectivity index (χ2n) is 6.26. The SMILES string of the molecule is Nn1c(SCc2nc3c(oc4ccccc43)c(=O)[nH]2)nnc1-c1ccc(Cl)cc1. The van der Waals surface area contributed by atoms with E-state index in [0.717, 1.165) is 10.9 Å². The minimum absolute atomic E-state index is 0.215. The minimum atomic E-state index is -0.321. The van der Waals surface area contributed by atoms with Crippen LogP contribution < -0.4 is 11.4 Å². The first-order chi connectivity index (χ1) is 14.1. The molecule has 0 saturated heterocycles. The smallest absolute Gasteiger partial charge is 0.294 e. The molecule has 2 aromatic carbocycles. The van der Waals surface area contributed by atoms with Gasteiger partial charge in [-0.15, -0.1) is 10.2 Å². The van der Waals surface area contributed by atoms with Crippen LogP contribution in [0.25, 0.3) is 33.5 Å². The summed E-state index contributed by atoms with van der Waals surface area (Å²) in [5.41, 5.74) is 1.86. The van der Waals surface area contributed by atoms with E-state index in [9.17, 15) is 4.79 Å². The Morgan fingerprint density at radius 1 is 1.14 bits per heavy atom. The molecule has 0 fully saturated rings. The molecule has 0 aliphatic rings. The molecule has 0 radical (unpaired) electrons. The predicted molar refractivity (Wildman–Crippen MR) is 112 cm³/mol. The molecule has 3 heterocycles. The molecule has 0 aliphatic heterocycles. The first-order valence-electron chi connectivity index (χ1n) is 8.60. The van der Waals surface area contributed by atoms with Crippen LogP contribution in [0.4, 0.5) is 0 Å². The Bertz CT molecular complexity index is 1410. The number of para-hydroxylation sites is 1. The van der Waals surface area contributed by atoms with Gasteiger partial charge >= 0.3 is 0 Å². The Kier molecular flexibility index (Phi) is 4.26. The number of nitrogen functional groups attached to an aromatic ring is 1. The van der Waals surface area contributed by atoms with E-state index in [1.54, 1.807) is 18.2 Å². The molecule has 3 N–H and O–H groups in total. The summed E-state index contributed by atoms with van der Waals surface area (Å²) in [5.74, 6) is 7.52. The molecule has 29 heavy (non-hydrogen) atoms. The highest BCUT2D eigenvalue weighted by atomic mass is 35.5. The molecular weight excluding hydrogens is 412 g/mol. The van der Waals surface area contributed by atoms with Crippen LogP contribution in [0.5, 0.6) is 0 Å². The van der Waals surface area contributed by atoms with E-state index in [2.05, 4.69) is 20.2 Å². The lowest BCUT2D eigenvalue weighted by Crippen LogP contribution is -2.13. The molecule has 3 aromatic heterocycles. The number of hydrogen-bond acceptors (Lipinski definition) is 7. The number of rotatable bonds is 4. The van der Waals surface area contributed by atoms with Crippen LogP contribution in [0.1, 0.15) is 5.82 Å². The van der Waals surface area contributed by atoms with Crippen molar-refractivity contribution in [2.24, 2.45) is 0 Å². The Balaban J connectivity index is 1.44. The number of hydrogen-bond donors (Lipinski definition) is 2. The van der Waals surface area contributed by atoms with Crippen molar-refractivity contribution in [2.75, 3.05) is 5.84 Å². The van der Waals surface area contributed by atoms with Gasteiger partial charge in [0.15, 0.2) is 5.82 Å². The highest BCUT2D eigenvalue weighted by Gasteiger charge is 2.15. The molecule has 0 unspecified atom stereocenters. The number of nitrogens with one attached hydrogen (secondary N) is 1. The third-order valence-electron chi connectivity index (χ3n) is 4.39. The van der Waals surface area contributed by atoms with Gasteiger partial charge in [-0.05, 0) is 36.4 Å². The van der Waals surface area contributed by atoms with Crippen molar-refractivity contribution in [1.29, 1.82) is 0 Å². The fraction of sp³-hybridized carbons (Fsp3) is 0.0526. The number of benzene rings is 2. The topological polar surface area (TPSA) is 116 Å². The molecule has 5 aromatic rings. The summed E-state index contributed by atoms with van der Waals surface area (Å²) in [4.78, 5) is 19.7. The quantitative estimate of drug-likeness (QED) is 0.334. The lowest BCUT2D eigenvalue weighted by Gasteiger charge is -2.04. The molecule has 0 atom stereocenters. The number of thioether (sulfide) groups is 1. The van der Waals surface area contributed by atoms with Crippen LogP contribution in [-0.4, -0.2) is 24.8 Å². The van der Waals surface area contributed by atoms with Crippen molar-refractivity contribution >= 4 is 45.4 Å². The van der Waals surface area contributed by atoms with Crippen molar-refractivity contribution in [3.05, 3.63) is 69.7 Å². The van der Waals surface area contributed by atoms with E-state index in [4.69, 9.17) is 21.9 Å². The van der Waals surface area contributed by atoms with Crippen LogP contribution in [0.2, 0.25) is 5.02 Å². The maximum absolute atomic E-state index is 12.4. The van der Waals surface area contributed by atoms with Gasteiger partial charge in [0.25, 0.3) is 5.56 Å². The fourth-order valence-electron chi connectivity index (χ4n) is 3.02. The maximum Gasteiger partial charge on any atom is 0.294 e. The maximum atomic E-state index is 12.4. The molecule has 5 rings (SSSR count). The Morgan fingerprint density at radius 3 is 2.76 bits per heavy atom. The van der Waals surface area contributed by atoms with Crippen LogP contribution >= 0.6 is 23.4 Å². The standard InChI is InChI=1S/C19H13ClN6O2S/c20-11-7-5-10(6-8-11)17-24-25-19(26(17)21)29-9-14-22-15-12-3-1-2-4-13(12)28-16(15)18(27)23-14/h1-8H,9,21H2,(H,22,23,27). The van der Waals surface area contributed by atoms with E-state index < -0.39 is 0 Å². The van der Waals surface area contributed by atoms with Crippen molar-refractivity contribution in [1.82, 2.24) is 24.8 Å². The van der Waals surface area contributed by atoms with Gasteiger partial charge < -0.3 is 15.2 Å². The number of nitrogens with two attached hydrogens (primary N) is 1. The first-order valence-corrected chi connectivity index (χ1v) is 9.96. The number of furan rings is 1. The van der Waals surface area contributed by atoms with E-state index in [1.165, 1.54) is 16.4 Å². The highest BCUT2D eigenvalue weighted by molar-refractivity contribution is 7.98. The summed E-state index contributed by atoms with van der Waals surface area (Å²) in [7, 11) is 0. The van der Waals surface area contributed by atoms with Crippen LogP contribution in [0, 0.1) is 0 Å². The van der Waals surface area contributed by atoms with Gasteiger partial charge in [-0.25, -0.2) is 9.66 Å². The van der Waals surface area contributed by atoms with Crippen LogP contribution in [-0.2, 0) is 5.75 Å². The normalized spacial score (nSPS) is 11.5. The number of aromatic nitrogens is 5. The highest BCUT2D eigenvalue weighted by Crippen LogP contribution is 2.27. The summed E-state index contributed by atoms with van der Waals surface area (Å²) in [6.07, 6.45) is 0. The van der Waals surface area contributed by atoms with Crippen LogP contribution in [0.15, 0.2) is 62.9 Å². The zero-order chi connectivity index (χ0) is 20.0. The van der Waals surface area contributed by atoms with Crippen molar-refractivity contribution < 1.29 is 4.42 Å². The summed E-state index contributed by atoms with van der Waals surface area (Å²) in [6, 6.07) is 14.6. The molecular formula is C19H13ClN6O2S. The van der Waals surface area contributed by atoms with Gasteiger partial charge in [0.05, 0.1) is 5.75 Å². The van der Waals surface area contributed by atoms with Crippen molar-refractivity contribution in [2.45, 2.75) is 10.9 Å². The van der Waals surface area contributed by atoms with Gasteiger partial charge in [0, 0.05) is 16.0 Å². The summed E-state index contributed by atoms with van der Waals surface area (Å²) in [5, 5.41) is 10.2. The summed E-state index contributed by atoms with van der Waals surface area (Å²) < 4.78 is 7.01. The second-order valence-corrected chi connectivity index (χ2v) is 7.64. The van der Waals surface area contributed by atoms with E-state index >= 15 is 0 Å². The number of fused-ring (bicyclic) bond motifs is 3. The Labute approximate surface area is 172 Å². The molecule has 0 saturated carbocycles. The van der Waals surface area contributed by atoms with Crippen molar-refractivity contribution in [3.8, 4) is 11.4 Å². The van der Waals surface area contributed by atoms with Gasteiger partial charge in [0.2, 0.25) is 10.7 Å². The van der Waals surface area contributed by atoms with Gasteiger partial charge in [-0.1, -0.05) is 35.5 Å². The molecule has 0 amide bonds.